The second kappa shape index (κ2) is 7.48. The summed E-state index contributed by atoms with van der Waals surface area (Å²) < 4.78 is 13.5. The van der Waals surface area contributed by atoms with E-state index in [0.717, 1.165) is 0 Å². The lowest BCUT2D eigenvalue weighted by atomic mass is 9.95. The van der Waals surface area contributed by atoms with Crippen molar-refractivity contribution in [3.8, 4) is 0 Å². The summed E-state index contributed by atoms with van der Waals surface area (Å²) in [6, 6.07) is 14.0. The summed E-state index contributed by atoms with van der Waals surface area (Å²) in [6.07, 6.45) is 2.99. The molecule has 1 fully saturated rings. The minimum absolute atomic E-state index is 0.0900. The molecular formula is C22H14ClFN2O3. The largest absolute Gasteiger partial charge is 0.507 e. The predicted molar refractivity (Wildman–Crippen MR) is 107 cm³/mol. The van der Waals surface area contributed by atoms with Crippen LogP contribution in [0.15, 0.2) is 78.6 Å². The number of halogens is 2. The molecule has 144 valence electrons. The van der Waals surface area contributed by atoms with Crippen molar-refractivity contribution in [3.05, 3.63) is 101 Å². The minimum Gasteiger partial charge on any atom is -0.507 e. The maximum atomic E-state index is 13.5. The van der Waals surface area contributed by atoms with Crippen molar-refractivity contribution in [3.63, 3.8) is 0 Å². The van der Waals surface area contributed by atoms with Gasteiger partial charge in [0.1, 0.15) is 11.6 Å². The number of Topliss-reactive ketones (excluding diaryl/α,β-unsaturated/α-hetero) is 1. The molecule has 7 heteroatoms. The molecule has 0 spiro atoms. The third-order valence-corrected chi connectivity index (χ3v) is 4.92. The van der Waals surface area contributed by atoms with Gasteiger partial charge in [-0.1, -0.05) is 23.7 Å². The van der Waals surface area contributed by atoms with Gasteiger partial charge in [0.2, 0.25) is 0 Å². The summed E-state index contributed by atoms with van der Waals surface area (Å²) in [4.78, 5) is 31.0. The van der Waals surface area contributed by atoms with E-state index >= 15 is 0 Å². The summed E-state index contributed by atoms with van der Waals surface area (Å²) in [6.45, 7) is 0. The lowest BCUT2D eigenvalue weighted by Crippen LogP contribution is -2.29. The number of carbonyl (C=O) groups is 2. The van der Waals surface area contributed by atoms with Crippen LogP contribution in [-0.2, 0) is 9.59 Å². The van der Waals surface area contributed by atoms with E-state index in [1.807, 2.05) is 0 Å². The van der Waals surface area contributed by atoms with Crippen LogP contribution in [0.1, 0.15) is 17.2 Å². The van der Waals surface area contributed by atoms with Crippen LogP contribution >= 0.6 is 11.6 Å². The zero-order valence-corrected chi connectivity index (χ0v) is 15.7. The van der Waals surface area contributed by atoms with Gasteiger partial charge in [0, 0.05) is 16.8 Å². The normalized spacial score (nSPS) is 18.3. The Labute approximate surface area is 170 Å². The third kappa shape index (κ3) is 3.39. The summed E-state index contributed by atoms with van der Waals surface area (Å²) in [7, 11) is 0. The van der Waals surface area contributed by atoms with Gasteiger partial charge in [-0.15, -0.1) is 0 Å². The first-order valence-corrected chi connectivity index (χ1v) is 9.07. The molecular weight excluding hydrogens is 395 g/mol. The fourth-order valence-corrected chi connectivity index (χ4v) is 3.44. The molecule has 0 radical (unpaired) electrons. The number of aromatic nitrogens is 1. The molecule has 2 aromatic carbocycles. The first-order chi connectivity index (χ1) is 14.0. The number of aliphatic hydroxyl groups is 1. The van der Waals surface area contributed by atoms with Crippen LogP contribution in [0.2, 0.25) is 5.02 Å². The highest BCUT2D eigenvalue weighted by molar-refractivity contribution is 6.51. The van der Waals surface area contributed by atoms with Crippen molar-refractivity contribution in [2.75, 3.05) is 4.90 Å². The maximum Gasteiger partial charge on any atom is 0.300 e. The fourth-order valence-electron chi connectivity index (χ4n) is 3.32. The van der Waals surface area contributed by atoms with E-state index in [1.165, 1.54) is 35.4 Å². The first kappa shape index (κ1) is 18.8. The molecule has 1 amide bonds. The monoisotopic (exact) mass is 408 g/mol. The van der Waals surface area contributed by atoms with Crippen LogP contribution in [-0.4, -0.2) is 21.8 Å². The van der Waals surface area contributed by atoms with Gasteiger partial charge in [-0.3, -0.25) is 19.5 Å². The quantitative estimate of drug-likeness (QED) is 0.393. The predicted octanol–water partition coefficient (Wildman–Crippen LogP) is 4.50. The van der Waals surface area contributed by atoms with Crippen molar-refractivity contribution >= 4 is 34.7 Å². The zero-order chi connectivity index (χ0) is 20.5. The standard InChI is InChI=1S/C22H14ClFN2O3/c23-15-7-3-14(4-8-15)20(27)18-19(13-5-9-16(24)10-6-13)26(22(29)21(18)28)17-2-1-11-25-12-17/h1-12,19,27H/t19-/m1/s1. The van der Waals surface area contributed by atoms with E-state index < -0.39 is 23.5 Å². The van der Waals surface area contributed by atoms with Crippen LogP contribution in [0.5, 0.6) is 0 Å². The topological polar surface area (TPSA) is 70.5 Å². The van der Waals surface area contributed by atoms with Crippen LogP contribution in [0.3, 0.4) is 0 Å². The second-order valence-electron chi connectivity index (χ2n) is 6.44. The number of pyridine rings is 1. The Morgan fingerprint density at radius 2 is 1.72 bits per heavy atom. The third-order valence-electron chi connectivity index (χ3n) is 4.67. The van der Waals surface area contributed by atoms with Gasteiger partial charge in [-0.05, 0) is 54.1 Å². The molecule has 2 heterocycles. The summed E-state index contributed by atoms with van der Waals surface area (Å²) in [5.74, 6) is -2.43. The van der Waals surface area contributed by atoms with Crippen molar-refractivity contribution in [1.82, 2.24) is 4.98 Å². The van der Waals surface area contributed by atoms with Crippen LogP contribution < -0.4 is 4.90 Å². The lowest BCUT2D eigenvalue weighted by Gasteiger charge is -2.25. The molecule has 4 rings (SSSR count). The first-order valence-electron chi connectivity index (χ1n) is 8.70. The smallest absolute Gasteiger partial charge is 0.300 e. The number of nitrogens with zero attached hydrogens (tertiary/aromatic N) is 2. The van der Waals surface area contributed by atoms with E-state index in [1.54, 1.807) is 42.6 Å². The van der Waals surface area contributed by atoms with E-state index in [4.69, 9.17) is 11.6 Å². The maximum absolute atomic E-state index is 13.5. The molecule has 29 heavy (non-hydrogen) atoms. The molecule has 0 bridgehead atoms. The van der Waals surface area contributed by atoms with Gasteiger partial charge >= 0.3 is 0 Å². The Hall–Kier alpha value is -3.51. The highest BCUT2D eigenvalue weighted by atomic mass is 35.5. The number of rotatable bonds is 3. The van der Waals surface area contributed by atoms with Gasteiger partial charge in [0.05, 0.1) is 23.5 Å². The molecule has 3 aromatic rings. The molecule has 1 aliphatic rings. The Kier molecular flexibility index (Phi) is 4.86. The number of carbonyl (C=O) groups excluding carboxylic acids is 2. The van der Waals surface area contributed by atoms with Crippen LogP contribution in [0.4, 0.5) is 10.1 Å². The summed E-state index contributed by atoms with van der Waals surface area (Å²) in [5, 5.41) is 11.4. The molecule has 1 aliphatic heterocycles. The number of anilines is 1. The van der Waals surface area contributed by atoms with Crippen molar-refractivity contribution in [1.29, 1.82) is 0 Å². The van der Waals surface area contributed by atoms with Crippen molar-refractivity contribution in [2.45, 2.75) is 6.04 Å². The second-order valence-corrected chi connectivity index (χ2v) is 6.88. The minimum atomic E-state index is -0.935. The SMILES string of the molecule is O=C1C(=O)N(c2cccnc2)[C@H](c2ccc(F)cc2)C1=C(O)c1ccc(Cl)cc1. The summed E-state index contributed by atoms with van der Waals surface area (Å²) >= 11 is 5.90. The average Bonchev–Trinajstić information content (AvgIpc) is 3.00. The molecule has 1 aromatic heterocycles. The molecule has 5 nitrogen and oxygen atoms in total. The zero-order valence-electron chi connectivity index (χ0n) is 14.9. The summed E-state index contributed by atoms with van der Waals surface area (Å²) in [5.41, 5.74) is 1.11. The van der Waals surface area contributed by atoms with Gasteiger partial charge in [0.15, 0.2) is 0 Å². The number of benzene rings is 2. The van der Waals surface area contributed by atoms with E-state index in [-0.39, 0.29) is 11.3 Å². The number of aliphatic hydroxyl groups excluding tert-OH is 1. The Balaban J connectivity index is 1.94. The average molecular weight is 409 g/mol. The molecule has 1 saturated heterocycles. The van der Waals surface area contributed by atoms with Crippen LogP contribution in [0.25, 0.3) is 5.76 Å². The number of hydrogen-bond donors (Lipinski definition) is 1. The highest BCUT2D eigenvalue weighted by Gasteiger charge is 2.47. The Bertz CT molecular complexity index is 1110. The van der Waals surface area contributed by atoms with Gasteiger partial charge < -0.3 is 5.11 Å². The fraction of sp³-hybridized carbons (Fsp3) is 0.0455. The van der Waals surface area contributed by atoms with Gasteiger partial charge in [0.25, 0.3) is 11.7 Å². The van der Waals surface area contributed by atoms with Crippen LogP contribution in [0, 0.1) is 5.82 Å². The van der Waals surface area contributed by atoms with E-state index in [2.05, 4.69) is 4.98 Å². The van der Waals surface area contributed by atoms with E-state index in [9.17, 15) is 19.1 Å². The molecule has 0 unspecified atom stereocenters. The number of amides is 1. The number of ketones is 1. The Morgan fingerprint density at radius 1 is 1.03 bits per heavy atom. The molecule has 0 saturated carbocycles. The molecule has 1 N–H and O–H groups in total. The van der Waals surface area contributed by atoms with Crippen molar-refractivity contribution < 1.29 is 19.1 Å². The molecule has 0 aliphatic carbocycles. The lowest BCUT2D eigenvalue weighted by molar-refractivity contribution is -0.132. The Morgan fingerprint density at radius 3 is 2.34 bits per heavy atom. The van der Waals surface area contributed by atoms with Crippen molar-refractivity contribution in [2.24, 2.45) is 0 Å². The molecule has 1 atom stereocenters. The number of hydrogen-bond acceptors (Lipinski definition) is 4. The van der Waals surface area contributed by atoms with Gasteiger partial charge in [-0.25, -0.2) is 4.39 Å². The highest BCUT2D eigenvalue weighted by Crippen LogP contribution is 2.41. The van der Waals surface area contributed by atoms with Gasteiger partial charge in [-0.2, -0.15) is 0 Å². The van der Waals surface area contributed by atoms with E-state index in [0.29, 0.717) is 21.8 Å².